The molecule has 1 saturated heterocycles. The fourth-order valence-corrected chi connectivity index (χ4v) is 1.67. The molecule has 1 aliphatic heterocycles. The van der Waals surface area contributed by atoms with E-state index in [0.717, 1.165) is 25.9 Å². The molecule has 11 heavy (non-hydrogen) atoms. The van der Waals surface area contributed by atoms with Crippen molar-refractivity contribution in [3.8, 4) is 0 Å². The maximum Gasteiger partial charge on any atom is 0.314 e. The maximum atomic E-state index is 10.7. The van der Waals surface area contributed by atoms with Crippen molar-refractivity contribution >= 4 is 29.0 Å². The summed E-state index contributed by atoms with van der Waals surface area (Å²) in [5, 5.41) is 0. The molecule has 4 nitrogen and oxygen atoms in total. The number of nitrogens with two attached hydrogens (primary N) is 1. The molecule has 0 radical (unpaired) electrons. The second-order valence-corrected chi connectivity index (χ2v) is 3.12. The van der Waals surface area contributed by atoms with Gasteiger partial charge in [0.1, 0.15) is 23.0 Å². The molecule has 1 aliphatic rings. The largest absolute Gasteiger partial charge is 0.351 e. The Bertz CT molecular complexity index is 146. The lowest BCUT2D eigenvalue weighted by Crippen LogP contribution is -2.43. The van der Waals surface area contributed by atoms with Gasteiger partial charge in [-0.3, -0.25) is 0 Å². The first-order chi connectivity index (χ1) is 5.24. The minimum atomic E-state index is -0.322. The number of carbonyl (C=O) groups excluding carboxylic acids is 1. The van der Waals surface area contributed by atoms with E-state index >= 15 is 0 Å². The summed E-state index contributed by atoms with van der Waals surface area (Å²) in [6.45, 7) is 1.45. The summed E-state index contributed by atoms with van der Waals surface area (Å²) >= 11 is 1.90. The zero-order valence-electron chi connectivity index (χ0n) is 6.12. The number of hydrogen-bond donors (Lipinski definition) is 1. The molecule has 0 bridgehead atoms. The molecule has 0 atom stereocenters. The number of nitrogens with zero attached hydrogens (tertiary/aromatic N) is 1. The molecule has 2 amide bonds. The van der Waals surface area contributed by atoms with Crippen molar-refractivity contribution in [2.24, 2.45) is 5.73 Å². The van der Waals surface area contributed by atoms with Gasteiger partial charge in [-0.2, -0.15) is 0 Å². The maximum absolute atomic E-state index is 10.7. The predicted molar refractivity (Wildman–Crippen MR) is 49.3 cm³/mol. The molecular weight excluding hydrogens is 259 g/mol. The zero-order valence-corrected chi connectivity index (χ0v) is 8.28. The highest BCUT2D eigenvalue weighted by molar-refractivity contribution is 14.1. The van der Waals surface area contributed by atoms with Crippen LogP contribution in [0.2, 0.25) is 0 Å². The van der Waals surface area contributed by atoms with E-state index in [0.29, 0.717) is 6.10 Å². The summed E-state index contributed by atoms with van der Waals surface area (Å²) in [7, 11) is 0. The van der Waals surface area contributed by atoms with Gasteiger partial charge in [0.05, 0.1) is 6.10 Å². The van der Waals surface area contributed by atoms with E-state index in [1.54, 1.807) is 4.90 Å². The van der Waals surface area contributed by atoms with E-state index in [-0.39, 0.29) is 6.03 Å². The summed E-state index contributed by atoms with van der Waals surface area (Å²) < 4.78 is 5.11. The highest BCUT2D eigenvalue weighted by atomic mass is 127. The molecule has 1 rings (SSSR count). The first-order valence-corrected chi connectivity index (χ1v) is 4.44. The van der Waals surface area contributed by atoms with Crippen LogP contribution in [0.1, 0.15) is 12.8 Å². The third kappa shape index (κ3) is 2.48. The fraction of sp³-hybridized carbons (Fsp3) is 0.833. The van der Waals surface area contributed by atoms with Crippen molar-refractivity contribution in [1.82, 2.24) is 4.90 Å². The molecule has 0 aromatic carbocycles. The molecule has 0 aliphatic carbocycles. The average molecular weight is 270 g/mol. The summed E-state index contributed by atoms with van der Waals surface area (Å²) in [6, 6.07) is -0.322. The Morgan fingerprint density at radius 1 is 1.55 bits per heavy atom. The Morgan fingerprint density at radius 3 is 2.45 bits per heavy atom. The molecular formula is C6H11IN2O2. The van der Waals surface area contributed by atoms with Gasteiger partial charge in [-0.25, -0.2) is 4.79 Å². The van der Waals surface area contributed by atoms with Crippen molar-refractivity contribution in [3.63, 3.8) is 0 Å². The number of urea groups is 1. The number of carbonyl (C=O) groups is 1. The van der Waals surface area contributed by atoms with Gasteiger partial charge in [0.15, 0.2) is 0 Å². The van der Waals surface area contributed by atoms with Gasteiger partial charge in [0.25, 0.3) is 0 Å². The van der Waals surface area contributed by atoms with Crippen molar-refractivity contribution in [2.45, 2.75) is 18.9 Å². The number of hydrogen-bond acceptors (Lipinski definition) is 2. The molecule has 0 saturated carbocycles. The lowest BCUT2D eigenvalue weighted by Gasteiger charge is -2.28. The minimum Gasteiger partial charge on any atom is -0.351 e. The van der Waals surface area contributed by atoms with E-state index < -0.39 is 0 Å². The van der Waals surface area contributed by atoms with Gasteiger partial charge >= 0.3 is 6.03 Å². The summed E-state index contributed by atoms with van der Waals surface area (Å²) in [5.41, 5.74) is 5.10. The standard InChI is InChI=1S/C6H11IN2O2/c7-11-5-1-3-9(4-2-5)6(8)10/h5H,1-4H2,(H2,8,10). The zero-order chi connectivity index (χ0) is 8.27. The molecule has 0 aromatic heterocycles. The number of rotatable bonds is 1. The van der Waals surface area contributed by atoms with Crippen LogP contribution < -0.4 is 5.73 Å². The molecule has 5 heteroatoms. The Balaban J connectivity index is 2.30. The van der Waals surface area contributed by atoms with Gasteiger partial charge in [-0.1, -0.05) is 0 Å². The van der Waals surface area contributed by atoms with E-state index in [4.69, 9.17) is 8.80 Å². The van der Waals surface area contributed by atoms with Crippen molar-refractivity contribution in [2.75, 3.05) is 13.1 Å². The number of likely N-dealkylation sites (tertiary alicyclic amines) is 1. The van der Waals surface area contributed by atoms with Crippen LogP contribution in [0.5, 0.6) is 0 Å². The number of amides is 2. The SMILES string of the molecule is NC(=O)N1CCC(OI)CC1. The number of halogens is 1. The van der Waals surface area contributed by atoms with E-state index in [1.165, 1.54) is 0 Å². The van der Waals surface area contributed by atoms with Gasteiger partial charge in [-0.15, -0.1) is 0 Å². The van der Waals surface area contributed by atoms with Crippen molar-refractivity contribution in [3.05, 3.63) is 0 Å². The molecule has 2 N–H and O–H groups in total. The topological polar surface area (TPSA) is 55.6 Å². The third-order valence-electron chi connectivity index (χ3n) is 1.88. The van der Waals surface area contributed by atoms with Crippen LogP contribution in [-0.4, -0.2) is 30.1 Å². The van der Waals surface area contributed by atoms with Crippen LogP contribution in [0.25, 0.3) is 0 Å². The Labute approximate surface area is 79.7 Å². The Hall–Kier alpha value is -0.0400. The van der Waals surface area contributed by atoms with Crippen LogP contribution in [0.15, 0.2) is 0 Å². The van der Waals surface area contributed by atoms with Gasteiger partial charge in [0.2, 0.25) is 0 Å². The highest BCUT2D eigenvalue weighted by Gasteiger charge is 2.20. The van der Waals surface area contributed by atoms with Crippen LogP contribution >= 0.6 is 23.0 Å². The first-order valence-electron chi connectivity index (χ1n) is 3.56. The van der Waals surface area contributed by atoms with E-state index in [1.807, 2.05) is 23.0 Å². The van der Waals surface area contributed by atoms with Crippen molar-refractivity contribution in [1.29, 1.82) is 0 Å². The molecule has 64 valence electrons. The lowest BCUT2D eigenvalue weighted by atomic mass is 10.1. The Kier molecular flexibility index (Phi) is 3.38. The summed E-state index contributed by atoms with van der Waals surface area (Å²) in [6.07, 6.45) is 2.09. The minimum absolute atomic E-state index is 0.297. The van der Waals surface area contributed by atoms with Crippen LogP contribution in [0.3, 0.4) is 0 Å². The molecule has 1 fully saturated rings. The van der Waals surface area contributed by atoms with Crippen LogP contribution in [0, 0.1) is 0 Å². The second-order valence-electron chi connectivity index (χ2n) is 2.61. The molecule has 0 spiro atoms. The first kappa shape index (κ1) is 9.05. The van der Waals surface area contributed by atoms with Gasteiger partial charge < -0.3 is 13.7 Å². The van der Waals surface area contributed by atoms with Gasteiger partial charge in [0, 0.05) is 13.1 Å². The van der Waals surface area contributed by atoms with E-state index in [2.05, 4.69) is 0 Å². The summed E-state index contributed by atoms with van der Waals surface area (Å²) in [4.78, 5) is 12.3. The highest BCUT2D eigenvalue weighted by Crippen LogP contribution is 2.15. The Morgan fingerprint density at radius 2 is 2.09 bits per heavy atom. The predicted octanol–water partition coefficient (Wildman–Crippen LogP) is 0.896. The molecule has 0 unspecified atom stereocenters. The fourth-order valence-electron chi connectivity index (χ4n) is 1.17. The number of primary amides is 1. The third-order valence-corrected chi connectivity index (χ3v) is 2.60. The normalized spacial score (nSPS) is 20.3. The molecule has 0 aromatic rings. The van der Waals surface area contributed by atoms with E-state index in [9.17, 15) is 4.79 Å². The van der Waals surface area contributed by atoms with Crippen LogP contribution in [0.4, 0.5) is 4.79 Å². The molecule has 1 heterocycles. The second kappa shape index (κ2) is 4.10. The summed E-state index contributed by atoms with van der Waals surface area (Å²) in [5.74, 6) is 0. The average Bonchev–Trinajstić information content (AvgIpc) is 2.05. The monoisotopic (exact) mass is 270 g/mol. The van der Waals surface area contributed by atoms with Gasteiger partial charge in [-0.05, 0) is 12.8 Å². The van der Waals surface area contributed by atoms with Crippen molar-refractivity contribution < 1.29 is 7.86 Å². The van der Waals surface area contributed by atoms with Crippen LogP contribution in [-0.2, 0) is 3.07 Å². The quantitative estimate of drug-likeness (QED) is 0.719. The lowest BCUT2D eigenvalue weighted by molar-refractivity contribution is 0.145. The number of piperidine rings is 1. The smallest absolute Gasteiger partial charge is 0.314 e.